The maximum absolute atomic E-state index is 11.5. The highest BCUT2D eigenvalue weighted by molar-refractivity contribution is 5.76. The Balaban J connectivity index is 2.30. The number of carbonyl (C=O) groups excluding carboxylic acids is 1. The van der Waals surface area contributed by atoms with Crippen LogP contribution in [0.4, 0.5) is 0 Å². The lowest BCUT2D eigenvalue weighted by atomic mass is 10.0. The molecule has 1 atom stereocenters. The van der Waals surface area contributed by atoms with Gasteiger partial charge in [0.1, 0.15) is 11.5 Å². The molecule has 0 saturated heterocycles. The minimum Gasteiger partial charge on any atom is -0.465 e. The van der Waals surface area contributed by atoms with Gasteiger partial charge in [-0.15, -0.1) is 0 Å². The van der Waals surface area contributed by atoms with Gasteiger partial charge in [0.05, 0.1) is 6.54 Å². The van der Waals surface area contributed by atoms with Crippen LogP contribution in [0.3, 0.4) is 0 Å². The number of furan rings is 1. The molecule has 1 unspecified atom stereocenters. The van der Waals surface area contributed by atoms with Crippen LogP contribution in [0.5, 0.6) is 0 Å². The van der Waals surface area contributed by atoms with Gasteiger partial charge in [0.25, 0.3) is 0 Å². The van der Waals surface area contributed by atoms with Crippen molar-refractivity contribution in [3.05, 3.63) is 23.7 Å². The van der Waals surface area contributed by atoms with Crippen molar-refractivity contribution in [3.8, 4) is 0 Å². The lowest BCUT2D eigenvalue weighted by Gasteiger charge is -2.14. The number of rotatable bonds is 5. The Morgan fingerprint density at radius 3 is 2.69 bits per heavy atom. The average Bonchev–Trinajstić information content (AvgIpc) is 2.61. The Morgan fingerprint density at radius 2 is 2.19 bits per heavy atom. The van der Waals surface area contributed by atoms with Crippen molar-refractivity contribution in [1.29, 1.82) is 0 Å². The van der Waals surface area contributed by atoms with Crippen LogP contribution in [0.1, 0.15) is 31.8 Å². The van der Waals surface area contributed by atoms with Gasteiger partial charge in [-0.1, -0.05) is 13.8 Å². The summed E-state index contributed by atoms with van der Waals surface area (Å²) in [6.45, 7) is 6.32. The molecule has 1 aromatic heterocycles. The van der Waals surface area contributed by atoms with E-state index >= 15 is 0 Å². The first-order valence-electron chi connectivity index (χ1n) is 5.56. The first-order valence-corrected chi connectivity index (χ1v) is 5.56. The predicted octanol–water partition coefficient (Wildman–Crippen LogP) is 1.58. The van der Waals surface area contributed by atoms with Crippen LogP contribution < -0.4 is 11.1 Å². The molecule has 0 saturated carbocycles. The first kappa shape index (κ1) is 12.8. The molecule has 1 amide bonds. The van der Waals surface area contributed by atoms with Crippen LogP contribution in [0, 0.1) is 12.8 Å². The van der Waals surface area contributed by atoms with Crippen molar-refractivity contribution in [2.24, 2.45) is 11.7 Å². The number of hydrogen-bond acceptors (Lipinski definition) is 3. The van der Waals surface area contributed by atoms with Crippen molar-refractivity contribution in [2.45, 2.75) is 39.8 Å². The molecule has 0 spiro atoms. The zero-order chi connectivity index (χ0) is 12.1. The molecule has 0 fully saturated rings. The molecule has 3 N–H and O–H groups in total. The van der Waals surface area contributed by atoms with Gasteiger partial charge in [-0.25, -0.2) is 0 Å². The summed E-state index contributed by atoms with van der Waals surface area (Å²) >= 11 is 0. The number of amides is 1. The van der Waals surface area contributed by atoms with Crippen LogP contribution >= 0.6 is 0 Å². The van der Waals surface area contributed by atoms with E-state index in [0.29, 0.717) is 18.9 Å². The zero-order valence-corrected chi connectivity index (χ0v) is 10.1. The summed E-state index contributed by atoms with van der Waals surface area (Å²) in [7, 11) is 0. The van der Waals surface area contributed by atoms with E-state index in [-0.39, 0.29) is 11.9 Å². The lowest BCUT2D eigenvalue weighted by molar-refractivity contribution is -0.121. The summed E-state index contributed by atoms with van der Waals surface area (Å²) in [6.07, 6.45) is 0.358. The minimum atomic E-state index is -0.0849. The van der Waals surface area contributed by atoms with Crippen molar-refractivity contribution >= 4 is 5.91 Å². The molecule has 0 aromatic carbocycles. The standard InChI is InChI=1S/C12H20N2O2/c1-8(2)11(13)6-12(15)14-7-10-5-4-9(3)16-10/h4-5,8,11H,6-7,13H2,1-3H3,(H,14,15). The van der Waals surface area contributed by atoms with Crippen LogP contribution in [0.2, 0.25) is 0 Å². The van der Waals surface area contributed by atoms with E-state index < -0.39 is 0 Å². The number of aryl methyl sites for hydroxylation is 1. The average molecular weight is 224 g/mol. The van der Waals surface area contributed by atoms with Crippen LogP contribution in [0.15, 0.2) is 16.5 Å². The van der Waals surface area contributed by atoms with Gasteiger partial charge in [0.15, 0.2) is 0 Å². The third-order valence-corrected chi connectivity index (χ3v) is 2.53. The molecule has 0 aliphatic heterocycles. The zero-order valence-electron chi connectivity index (χ0n) is 10.1. The Labute approximate surface area is 96.2 Å². The second kappa shape index (κ2) is 5.70. The maximum atomic E-state index is 11.5. The molecule has 1 heterocycles. The van der Waals surface area contributed by atoms with E-state index in [4.69, 9.17) is 10.2 Å². The molecule has 1 aromatic rings. The van der Waals surface area contributed by atoms with Crippen LogP contribution in [-0.2, 0) is 11.3 Å². The molecule has 4 heteroatoms. The van der Waals surface area contributed by atoms with Gasteiger partial charge < -0.3 is 15.5 Å². The van der Waals surface area contributed by atoms with E-state index in [1.165, 1.54) is 0 Å². The van der Waals surface area contributed by atoms with Gasteiger partial charge in [-0.05, 0) is 25.0 Å². The number of hydrogen-bond donors (Lipinski definition) is 2. The Morgan fingerprint density at radius 1 is 1.50 bits per heavy atom. The molecular formula is C12H20N2O2. The van der Waals surface area contributed by atoms with Crippen molar-refractivity contribution in [3.63, 3.8) is 0 Å². The van der Waals surface area contributed by atoms with E-state index in [0.717, 1.165) is 11.5 Å². The van der Waals surface area contributed by atoms with E-state index in [9.17, 15) is 4.79 Å². The van der Waals surface area contributed by atoms with Gasteiger partial charge in [0, 0.05) is 12.5 Å². The lowest BCUT2D eigenvalue weighted by Crippen LogP contribution is -2.34. The fourth-order valence-electron chi connectivity index (χ4n) is 1.29. The topological polar surface area (TPSA) is 68.3 Å². The second-order valence-electron chi connectivity index (χ2n) is 4.40. The van der Waals surface area contributed by atoms with Crippen molar-refractivity contribution < 1.29 is 9.21 Å². The third-order valence-electron chi connectivity index (χ3n) is 2.53. The summed E-state index contributed by atoms with van der Waals surface area (Å²) in [4.78, 5) is 11.5. The molecule has 0 aliphatic rings. The fourth-order valence-corrected chi connectivity index (χ4v) is 1.29. The van der Waals surface area contributed by atoms with E-state index in [1.54, 1.807) is 0 Å². The van der Waals surface area contributed by atoms with Gasteiger partial charge in [-0.3, -0.25) is 4.79 Å². The first-order chi connectivity index (χ1) is 7.49. The molecule has 90 valence electrons. The SMILES string of the molecule is Cc1ccc(CNC(=O)CC(N)C(C)C)o1. The van der Waals surface area contributed by atoms with Crippen molar-refractivity contribution in [1.82, 2.24) is 5.32 Å². The second-order valence-corrected chi connectivity index (χ2v) is 4.40. The maximum Gasteiger partial charge on any atom is 0.221 e. The monoisotopic (exact) mass is 224 g/mol. The molecule has 16 heavy (non-hydrogen) atoms. The molecule has 0 bridgehead atoms. The Hall–Kier alpha value is -1.29. The van der Waals surface area contributed by atoms with Gasteiger partial charge in [-0.2, -0.15) is 0 Å². The smallest absolute Gasteiger partial charge is 0.221 e. The van der Waals surface area contributed by atoms with Crippen LogP contribution in [0.25, 0.3) is 0 Å². The summed E-state index contributed by atoms with van der Waals surface area (Å²) in [5.74, 6) is 1.90. The Kier molecular flexibility index (Phi) is 4.55. The van der Waals surface area contributed by atoms with E-state index in [2.05, 4.69) is 5.32 Å². The summed E-state index contributed by atoms with van der Waals surface area (Å²) in [5.41, 5.74) is 5.81. The number of nitrogens with one attached hydrogen (secondary N) is 1. The fraction of sp³-hybridized carbons (Fsp3) is 0.583. The predicted molar refractivity (Wildman–Crippen MR) is 62.7 cm³/mol. The highest BCUT2D eigenvalue weighted by Gasteiger charge is 2.12. The summed E-state index contributed by atoms with van der Waals surface area (Å²) < 4.78 is 5.34. The number of carbonyl (C=O) groups is 1. The summed E-state index contributed by atoms with van der Waals surface area (Å²) in [5, 5.41) is 2.79. The van der Waals surface area contributed by atoms with Gasteiger partial charge >= 0.3 is 0 Å². The molecule has 0 aliphatic carbocycles. The Bertz CT molecular complexity index is 345. The van der Waals surface area contributed by atoms with Crippen LogP contribution in [-0.4, -0.2) is 11.9 Å². The number of nitrogens with two attached hydrogens (primary N) is 1. The molecular weight excluding hydrogens is 204 g/mol. The van der Waals surface area contributed by atoms with Crippen molar-refractivity contribution in [2.75, 3.05) is 0 Å². The minimum absolute atomic E-state index is 0.0322. The molecule has 4 nitrogen and oxygen atoms in total. The largest absolute Gasteiger partial charge is 0.465 e. The highest BCUT2D eigenvalue weighted by Crippen LogP contribution is 2.06. The third kappa shape index (κ3) is 4.06. The quantitative estimate of drug-likeness (QED) is 0.797. The normalized spacial score (nSPS) is 12.8. The highest BCUT2D eigenvalue weighted by atomic mass is 16.3. The summed E-state index contributed by atoms with van der Waals surface area (Å²) in [6, 6.07) is 3.65. The molecule has 1 rings (SSSR count). The van der Waals surface area contributed by atoms with Gasteiger partial charge in [0.2, 0.25) is 5.91 Å². The van der Waals surface area contributed by atoms with E-state index in [1.807, 2.05) is 32.9 Å². The molecule has 0 radical (unpaired) electrons.